The Morgan fingerprint density at radius 1 is 1.43 bits per heavy atom. The van der Waals surface area contributed by atoms with Crippen molar-refractivity contribution >= 4 is 11.6 Å². The fourth-order valence-corrected chi connectivity index (χ4v) is 3.18. The van der Waals surface area contributed by atoms with Crippen molar-refractivity contribution in [3.63, 3.8) is 0 Å². The first-order valence-corrected chi connectivity index (χ1v) is 8.34. The smallest absolute Gasteiger partial charge is 0.250 e. The van der Waals surface area contributed by atoms with Gasteiger partial charge in [-0.3, -0.25) is 14.5 Å². The van der Waals surface area contributed by atoms with Crippen molar-refractivity contribution in [3.8, 4) is 0 Å². The zero-order valence-electron chi connectivity index (χ0n) is 13.9. The number of aryl methyl sites for hydroxylation is 2. The number of nitrogens with zero attached hydrogens (tertiary/aromatic N) is 2. The SMILES string of the molecule is Cc1cc(=O)n(C)cc1NC(=O)[C@@H]1COCCN1CC1CCC1. The average molecular weight is 319 g/mol. The van der Waals surface area contributed by atoms with Crippen LogP contribution in [0.1, 0.15) is 24.8 Å². The number of carbonyl (C=O) groups excluding carboxylic acids is 1. The van der Waals surface area contributed by atoms with Crippen molar-refractivity contribution in [1.29, 1.82) is 0 Å². The molecular formula is C17H25N3O3. The van der Waals surface area contributed by atoms with E-state index < -0.39 is 0 Å². The van der Waals surface area contributed by atoms with E-state index in [9.17, 15) is 9.59 Å². The Morgan fingerprint density at radius 3 is 2.91 bits per heavy atom. The Labute approximate surface area is 136 Å². The molecule has 1 saturated heterocycles. The summed E-state index contributed by atoms with van der Waals surface area (Å²) in [6.45, 7) is 4.74. The van der Waals surface area contributed by atoms with Crippen molar-refractivity contribution in [2.24, 2.45) is 13.0 Å². The first kappa shape index (κ1) is 16.2. The van der Waals surface area contributed by atoms with Gasteiger partial charge >= 0.3 is 0 Å². The standard InChI is InChI=1S/C17H25N3O3/c1-12-8-16(21)19(2)10-14(12)18-17(22)15-11-23-7-6-20(15)9-13-4-3-5-13/h8,10,13,15H,3-7,9,11H2,1-2H3,(H,18,22)/t15-/m0/s1. The molecule has 2 fully saturated rings. The van der Waals surface area contributed by atoms with Crippen LogP contribution in [-0.4, -0.2) is 47.7 Å². The van der Waals surface area contributed by atoms with Crippen LogP contribution in [0.15, 0.2) is 17.1 Å². The summed E-state index contributed by atoms with van der Waals surface area (Å²) >= 11 is 0. The van der Waals surface area contributed by atoms with Crippen LogP contribution < -0.4 is 10.9 Å². The molecule has 1 saturated carbocycles. The van der Waals surface area contributed by atoms with E-state index in [1.165, 1.54) is 23.8 Å². The summed E-state index contributed by atoms with van der Waals surface area (Å²) < 4.78 is 7.00. The van der Waals surface area contributed by atoms with Gasteiger partial charge in [-0.1, -0.05) is 6.42 Å². The van der Waals surface area contributed by atoms with Gasteiger partial charge in [0.05, 0.1) is 18.9 Å². The molecule has 0 bridgehead atoms. The first-order chi connectivity index (χ1) is 11.0. The van der Waals surface area contributed by atoms with Gasteiger partial charge < -0.3 is 14.6 Å². The zero-order valence-corrected chi connectivity index (χ0v) is 13.9. The lowest BCUT2D eigenvalue weighted by atomic mass is 9.84. The van der Waals surface area contributed by atoms with E-state index in [0.717, 1.165) is 24.6 Å². The van der Waals surface area contributed by atoms with Gasteiger partial charge in [0, 0.05) is 32.4 Å². The van der Waals surface area contributed by atoms with Crippen LogP contribution in [-0.2, 0) is 16.6 Å². The minimum absolute atomic E-state index is 0.0502. The molecule has 0 spiro atoms. The summed E-state index contributed by atoms with van der Waals surface area (Å²) in [5.41, 5.74) is 1.39. The molecule has 2 heterocycles. The summed E-state index contributed by atoms with van der Waals surface area (Å²) in [6.07, 6.45) is 5.52. The molecular weight excluding hydrogens is 294 g/mol. The number of nitrogens with one attached hydrogen (secondary N) is 1. The molecule has 126 valence electrons. The molecule has 23 heavy (non-hydrogen) atoms. The maximum absolute atomic E-state index is 12.7. The largest absolute Gasteiger partial charge is 0.378 e. The number of morpholine rings is 1. The molecule has 1 aliphatic carbocycles. The number of carbonyl (C=O) groups is 1. The Balaban J connectivity index is 1.70. The van der Waals surface area contributed by atoms with Crippen LogP contribution in [0.5, 0.6) is 0 Å². The Kier molecular flexibility index (Phi) is 4.82. The highest BCUT2D eigenvalue weighted by molar-refractivity contribution is 5.95. The van der Waals surface area contributed by atoms with Gasteiger partial charge in [-0.15, -0.1) is 0 Å². The molecule has 1 aromatic rings. The molecule has 1 aromatic heterocycles. The third-order valence-electron chi connectivity index (χ3n) is 4.95. The predicted octanol–water partition coefficient (Wildman–Crippen LogP) is 1.13. The van der Waals surface area contributed by atoms with Crippen molar-refractivity contribution in [3.05, 3.63) is 28.2 Å². The number of hydrogen-bond acceptors (Lipinski definition) is 4. The van der Waals surface area contributed by atoms with Crippen molar-refractivity contribution in [1.82, 2.24) is 9.47 Å². The average Bonchev–Trinajstić information content (AvgIpc) is 2.49. The zero-order chi connectivity index (χ0) is 16.4. The number of anilines is 1. The summed E-state index contributed by atoms with van der Waals surface area (Å²) in [4.78, 5) is 26.6. The van der Waals surface area contributed by atoms with Gasteiger partial charge in [-0.05, 0) is 31.2 Å². The van der Waals surface area contributed by atoms with E-state index in [1.54, 1.807) is 19.3 Å². The molecule has 6 heteroatoms. The maximum atomic E-state index is 12.7. The summed E-state index contributed by atoms with van der Waals surface area (Å²) in [6, 6.07) is 1.29. The van der Waals surface area contributed by atoms with Crippen LogP contribution in [0.2, 0.25) is 0 Å². The van der Waals surface area contributed by atoms with Crippen molar-refractivity contribution in [2.75, 3.05) is 31.6 Å². The molecule has 0 unspecified atom stereocenters. The lowest BCUT2D eigenvalue weighted by molar-refractivity contribution is -0.128. The normalized spacial score (nSPS) is 22.6. The second kappa shape index (κ2) is 6.84. The number of rotatable bonds is 4. The Bertz CT molecular complexity index is 636. The van der Waals surface area contributed by atoms with Crippen LogP contribution >= 0.6 is 0 Å². The second-order valence-electron chi connectivity index (χ2n) is 6.69. The van der Waals surface area contributed by atoms with Gasteiger partial charge in [-0.2, -0.15) is 0 Å². The van der Waals surface area contributed by atoms with E-state index in [4.69, 9.17) is 4.74 Å². The van der Waals surface area contributed by atoms with Gasteiger partial charge in [-0.25, -0.2) is 0 Å². The predicted molar refractivity (Wildman–Crippen MR) is 88.6 cm³/mol. The van der Waals surface area contributed by atoms with Crippen molar-refractivity contribution in [2.45, 2.75) is 32.2 Å². The molecule has 0 aromatic carbocycles. The Morgan fingerprint density at radius 2 is 2.22 bits per heavy atom. The number of amides is 1. The molecule has 1 aliphatic heterocycles. The third kappa shape index (κ3) is 3.64. The highest BCUT2D eigenvalue weighted by atomic mass is 16.5. The van der Waals surface area contributed by atoms with Crippen LogP contribution in [0.4, 0.5) is 5.69 Å². The van der Waals surface area contributed by atoms with E-state index >= 15 is 0 Å². The third-order valence-corrected chi connectivity index (χ3v) is 4.95. The molecule has 6 nitrogen and oxygen atoms in total. The quantitative estimate of drug-likeness (QED) is 0.904. The van der Waals surface area contributed by atoms with Crippen molar-refractivity contribution < 1.29 is 9.53 Å². The molecule has 1 N–H and O–H groups in total. The summed E-state index contributed by atoms with van der Waals surface area (Å²) in [7, 11) is 1.68. The summed E-state index contributed by atoms with van der Waals surface area (Å²) in [5, 5.41) is 2.97. The Hall–Kier alpha value is -1.66. The number of hydrogen-bond donors (Lipinski definition) is 1. The number of ether oxygens (including phenoxy) is 1. The molecule has 2 aliphatic rings. The van der Waals surface area contributed by atoms with E-state index in [-0.39, 0.29) is 17.5 Å². The summed E-state index contributed by atoms with van der Waals surface area (Å²) in [5.74, 6) is 0.674. The topological polar surface area (TPSA) is 63.6 Å². The van der Waals surface area contributed by atoms with E-state index in [0.29, 0.717) is 18.9 Å². The van der Waals surface area contributed by atoms with Crippen LogP contribution in [0.3, 0.4) is 0 Å². The van der Waals surface area contributed by atoms with Crippen LogP contribution in [0, 0.1) is 12.8 Å². The molecule has 1 atom stereocenters. The fourth-order valence-electron chi connectivity index (χ4n) is 3.18. The maximum Gasteiger partial charge on any atom is 0.250 e. The van der Waals surface area contributed by atoms with Crippen LogP contribution in [0.25, 0.3) is 0 Å². The highest BCUT2D eigenvalue weighted by Gasteiger charge is 2.32. The van der Waals surface area contributed by atoms with Gasteiger partial charge in [0.25, 0.3) is 5.56 Å². The highest BCUT2D eigenvalue weighted by Crippen LogP contribution is 2.28. The van der Waals surface area contributed by atoms with E-state index in [2.05, 4.69) is 10.2 Å². The molecule has 3 rings (SSSR count). The minimum atomic E-state index is -0.249. The molecule has 0 radical (unpaired) electrons. The second-order valence-corrected chi connectivity index (χ2v) is 6.69. The number of aromatic nitrogens is 1. The lowest BCUT2D eigenvalue weighted by Gasteiger charge is -2.39. The van der Waals surface area contributed by atoms with E-state index in [1.807, 2.05) is 6.92 Å². The van der Waals surface area contributed by atoms with Gasteiger partial charge in [0.1, 0.15) is 6.04 Å². The van der Waals surface area contributed by atoms with Gasteiger partial charge in [0.15, 0.2) is 0 Å². The minimum Gasteiger partial charge on any atom is -0.378 e. The molecule has 1 amide bonds. The monoisotopic (exact) mass is 319 g/mol. The number of pyridine rings is 1. The van der Waals surface area contributed by atoms with Gasteiger partial charge in [0.2, 0.25) is 5.91 Å². The first-order valence-electron chi connectivity index (χ1n) is 8.34. The fraction of sp³-hybridized carbons (Fsp3) is 0.647. The lowest BCUT2D eigenvalue weighted by Crippen LogP contribution is -2.53.